The third-order valence-electron chi connectivity index (χ3n) is 3.61. The lowest BCUT2D eigenvalue weighted by Gasteiger charge is -2.25. The number of aryl methyl sites for hydroxylation is 2. The molecule has 2 rings (SSSR count). The standard InChI is InChI=1S/C14H25N5O2/c1-9(2)6-12(8-20)17-14(21)16-11-4-5-13-15-10(3)18-19(13)7-11/h9,11-12,20H,4-8H2,1-3H3,(H2,16,17,21). The van der Waals surface area contributed by atoms with Crippen molar-refractivity contribution in [2.45, 2.75) is 58.7 Å². The van der Waals surface area contributed by atoms with E-state index < -0.39 is 0 Å². The van der Waals surface area contributed by atoms with Crippen LogP contribution in [0.2, 0.25) is 0 Å². The fourth-order valence-electron chi connectivity index (χ4n) is 2.71. The second-order valence-electron chi connectivity index (χ2n) is 6.12. The van der Waals surface area contributed by atoms with Crippen molar-refractivity contribution in [1.82, 2.24) is 25.4 Å². The number of carbonyl (C=O) groups excluding carboxylic acids is 1. The van der Waals surface area contributed by atoms with Crippen LogP contribution in [-0.4, -0.2) is 44.6 Å². The molecule has 1 aliphatic heterocycles. The predicted octanol–water partition coefficient (Wildman–Crippen LogP) is 0.608. The van der Waals surface area contributed by atoms with E-state index in [0.29, 0.717) is 12.5 Å². The number of rotatable bonds is 5. The minimum Gasteiger partial charge on any atom is -0.394 e. The van der Waals surface area contributed by atoms with E-state index in [1.165, 1.54) is 0 Å². The summed E-state index contributed by atoms with van der Waals surface area (Å²) in [5.41, 5.74) is 0. The molecule has 0 fully saturated rings. The maximum Gasteiger partial charge on any atom is 0.315 e. The van der Waals surface area contributed by atoms with Gasteiger partial charge >= 0.3 is 6.03 Å². The zero-order valence-electron chi connectivity index (χ0n) is 13.0. The summed E-state index contributed by atoms with van der Waals surface area (Å²) in [6.45, 7) is 6.62. The van der Waals surface area contributed by atoms with Gasteiger partial charge in [-0.2, -0.15) is 5.10 Å². The lowest BCUT2D eigenvalue weighted by atomic mass is 10.0. The Hall–Kier alpha value is -1.63. The average molecular weight is 295 g/mol. The van der Waals surface area contributed by atoms with Crippen LogP contribution in [0.5, 0.6) is 0 Å². The molecule has 0 spiro atoms. The SMILES string of the molecule is Cc1nc2n(n1)CC(NC(=O)NC(CO)CC(C)C)CC2. The molecule has 2 unspecified atom stereocenters. The Labute approximate surface area is 125 Å². The largest absolute Gasteiger partial charge is 0.394 e. The molecule has 2 atom stereocenters. The maximum atomic E-state index is 12.0. The third kappa shape index (κ3) is 4.42. The van der Waals surface area contributed by atoms with Crippen molar-refractivity contribution in [3.05, 3.63) is 11.6 Å². The second kappa shape index (κ2) is 6.89. The van der Waals surface area contributed by atoms with Crippen molar-refractivity contribution in [1.29, 1.82) is 0 Å². The number of urea groups is 1. The van der Waals surface area contributed by atoms with Gasteiger partial charge in [0.1, 0.15) is 11.6 Å². The fourth-order valence-corrected chi connectivity index (χ4v) is 2.71. The molecule has 7 heteroatoms. The summed E-state index contributed by atoms with van der Waals surface area (Å²) in [6.07, 6.45) is 2.45. The monoisotopic (exact) mass is 295 g/mol. The normalized spacial score (nSPS) is 19.2. The molecule has 0 saturated carbocycles. The van der Waals surface area contributed by atoms with Gasteiger partial charge in [-0.3, -0.25) is 0 Å². The summed E-state index contributed by atoms with van der Waals surface area (Å²) in [5, 5.41) is 19.4. The van der Waals surface area contributed by atoms with Gasteiger partial charge in [-0.15, -0.1) is 0 Å². The summed E-state index contributed by atoms with van der Waals surface area (Å²) >= 11 is 0. The minimum atomic E-state index is -0.222. The van der Waals surface area contributed by atoms with Crippen molar-refractivity contribution in [3.63, 3.8) is 0 Å². The predicted molar refractivity (Wildman–Crippen MR) is 78.9 cm³/mol. The highest BCUT2D eigenvalue weighted by Gasteiger charge is 2.23. The number of fused-ring (bicyclic) bond motifs is 1. The van der Waals surface area contributed by atoms with E-state index in [2.05, 4.69) is 34.6 Å². The Kier molecular flexibility index (Phi) is 5.17. The number of hydrogen-bond donors (Lipinski definition) is 3. The van der Waals surface area contributed by atoms with Crippen LogP contribution in [0.15, 0.2) is 0 Å². The minimum absolute atomic E-state index is 0.0390. The number of nitrogens with one attached hydrogen (secondary N) is 2. The highest BCUT2D eigenvalue weighted by atomic mass is 16.3. The average Bonchev–Trinajstić information content (AvgIpc) is 2.76. The Balaban J connectivity index is 1.83. The first-order chi connectivity index (χ1) is 9.97. The van der Waals surface area contributed by atoms with Crippen LogP contribution in [0.25, 0.3) is 0 Å². The second-order valence-corrected chi connectivity index (χ2v) is 6.12. The van der Waals surface area contributed by atoms with Crippen molar-refractivity contribution >= 4 is 6.03 Å². The molecule has 1 aromatic heterocycles. The molecule has 0 aromatic carbocycles. The number of aromatic nitrogens is 3. The molecule has 0 aliphatic carbocycles. The summed E-state index contributed by atoms with van der Waals surface area (Å²) < 4.78 is 1.86. The van der Waals surface area contributed by atoms with Crippen molar-refractivity contribution in [2.75, 3.05) is 6.61 Å². The van der Waals surface area contributed by atoms with Crippen molar-refractivity contribution in [3.8, 4) is 0 Å². The molecule has 1 aromatic rings. The van der Waals surface area contributed by atoms with E-state index >= 15 is 0 Å². The van der Waals surface area contributed by atoms with Crippen LogP contribution in [0.1, 0.15) is 38.3 Å². The van der Waals surface area contributed by atoms with Gasteiger partial charge in [0.15, 0.2) is 0 Å². The summed E-state index contributed by atoms with van der Waals surface area (Å²) in [5.74, 6) is 2.18. The highest BCUT2D eigenvalue weighted by Crippen LogP contribution is 2.12. The zero-order valence-corrected chi connectivity index (χ0v) is 13.0. The molecule has 2 amide bonds. The molecule has 1 aliphatic rings. The molecule has 7 nitrogen and oxygen atoms in total. The highest BCUT2D eigenvalue weighted by molar-refractivity contribution is 5.74. The summed E-state index contributed by atoms with van der Waals surface area (Å²) in [4.78, 5) is 16.4. The summed E-state index contributed by atoms with van der Waals surface area (Å²) in [7, 11) is 0. The van der Waals surface area contributed by atoms with Gasteiger partial charge in [0.2, 0.25) is 0 Å². The molecule has 0 radical (unpaired) electrons. The maximum absolute atomic E-state index is 12.0. The first-order valence-corrected chi connectivity index (χ1v) is 7.56. The molecule has 3 N–H and O–H groups in total. The molecule has 21 heavy (non-hydrogen) atoms. The van der Waals surface area contributed by atoms with Gasteiger partial charge in [0.25, 0.3) is 0 Å². The van der Waals surface area contributed by atoms with E-state index in [1.54, 1.807) is 0 Å². The Morgan fingerprint density at radius 1 is 1.52 bits per heavy atom. The van der Waals surface area contributed by atoms with Gasteiger partial charge in [-0.05, 0) is 25.7 Å². The lowest BCUT2D eigenvalue weighted by molar-refractivity contribution is 0.202. The van der Waals surface area contributed by atoms with E-state index in [4.69, 9.17) is 0 Å². The van der Waals surface area contributed by atoms with E-state index in [9.17, 15) is 9.90 Å². The van der Waals surface area contributed by atoms with Crippen LogP contribution in [-0.2, 0) is 13.0 Å². The first kappa shape index (κ1) is 15.8. The summed E-state index contributed by atoms with van der Waals surface area (Å²) in [6, 6.07) is -0.366. The lowest BCUT2D eigenvalue weighted by Crippen LogP contribution is -2.50. The smallest absolute Gasteiger partial charge is 0.315 e. The van der Waals surface area contributed by atoms with E-state index in [1.807, 2.05) is 11.6 Å². The van der Waals surface area contributed by atoms with Crippen LogP contribution in [0, 0.1) is 12.8 Å². The van der Waals surface area contributed by atoms with E-state index in [0.717, 1.165) is 30.9 Å². The van der Waals surface area contributed by atoms with E-state index in [-0.39, 0.29) is 24.7 Å². The number of aliphatic hydroxyl groups excluding tert-OH is 1. The van der Waals surface area contributed by atoms with Gasteiger partial charge in [-0.25, -0.2) is 14.5 Å². The van der Waals surface area contributed by atoms with Gasteiger partial charge < -0.3 is 15.7 Å². The number of carbonyl (C=O) groups is 1. The first-order valence-electron chi connectivity index (χ1n) is 7.56. The Morgan fingerprint density at radius 3 is 2.95 bits per heavy atom. The molecule has 2 heterocycles. The molecule has 118 valence electrons. The quantitative estimate of drug-likeness (QED) is 0.742. The molecular weight excluding hydrogens is 270 g/mol. The number of amides is 2. The molecule has 0 saturated heterocycles. The number of aliphatic hydroxyl groups is 1. The van der Waals surface area contributed by atoms with Crippen molar-refractivity contribution in [2.24, 2.45) is 5.92 Å². The molecule has 0 bridgehead atoms. The Morgan fingerprint density at radius 2 is 2.29 bits per heavy atom. The van der Waals surface area contributed by atoms with Gasteiger partial charge in [-0.1, -0.05) is 13.8 Å². The van der Waals surface area contributed by atoms with Gasteiger partial charge in [0, 0.05) is 6.42 Å². The zero-order chi connectivity index (χ0) is 15.4. The molecular formula is C14H25N5O2. The number of hydrogen-bond acceptors (Lipinski definition) is 4. The van der Waals surface area contributed by atoms with Crippen LogP contribution in [0.3, 0.4) is 0 Å². The van der Waals surface area contributed by atoms with Crippen molar-refractivity contribution < 1.29 is 9.90 Å². The Bertz CT molecular complexity index is 486. The van der Waals surface area contributed by atoms with Crippen LogP contribution < -0.4 is 10.6 Å². The fraction of sp³-hybridized carbons (Fsp3) is 0.786. The van der Waals surface area contributed by atoms with Crippen LogP contribution in [0.4, 0.5) is 4.79 Å². The van der Waals surface area contributed by atoms with Gasteiger partial charge in [0.05, 0.1) is 25.2 Å². The topological polar surface area (TPSA) is 92.1 Å². The third-order valence-corrected chi connectivity index (χ3v) is 3.61. The number of nitrogens with zero attached hydrogens (tertiary/aromatic N) is 3. The van der Waals surface area contributed by atoms with Crippen LogP contribution >= 0.6 is 0 Å².